The fourth-order valence-electron chi connectivity index (χ4n) is 2.10. The molecule has 19 heavy (non-hydrogen) atoms. The largest absolute Gasteiger partial charge is 0.486 e. The van der Waals surface area contributed by atoms with Crippen molar-refractivity contribution in [3.63, 3.8) is 0 Å². The van der Waals surface area contributed by atoms with Crippen molar-refractivity contribution >= 4 is 0 Å². The van der Waals surface area contributed by atoms with Gasteiger partial charge < -0.3 is 19.8 Å². The van der Waals surface area contributed by atoms with Gasteiger partial charge in [-0.15, -0.1) is 0 Å². The topological polar surface area (TPSA) is 59.2 Å². The Hall–Kier alpha value is -2.01. The Morgan fingerprint density at radius 3 is 2.84 bits per heavy atom. The van der Waals surface area contributed by atoms with Crippen molar-refractivity contribution in [2.45, 2.75) is 20.0 Å². The smallest absolute Gasteiger partial charge is 0.161 e. The Morgan fingerprint density at radius 2 is 2.05 bits per heavy atom. The van der Waals surface area contributed by atoms with E-state index in [0.29, 0.717) is 13.2 Å². The SMILES string of the molecule is Cc1ncc(CNCc2ccc3c(c2)OCCO3)[nH]1. The zero-order valence-corrected chi connectivity index (χ0v) is 10.9. The minimum absolute atomic E-state index is 0.622. The standard InChI is InChI=1S/C14H17N3O2/c1-10-16-9-12(17-10)8-15-7-11-2-3-13-14(6-11)19-5-4-18-13/h2-3,6,9,15H,4-5,7-8H2,1H3,(H,16,17). The number of benzene rings is 1. The summed E-state index contributed by atoms with van der Waals surface area (Å²) in [4.78, 5) is 7.36. The first-order chi connectivity index (χ1) is 9.31. The number of nitrogens with one attached hydrogen (secondary N) is 2. The normalized spacial score (nSPS) is 13.5. The summed E-state index contributed by atoms with van der Waals surface area (Å²) in [6.45, 7) is 4.76. The van der Waals surface area contributed by atoms with Crippen LogP contribution in [0.25, 0.3) is 0 Å². The average Bonchev–Trinajstić information content (AvgIpc) is 2.84. The summed E-state index contributed by atoms with van der Waals surface area (Å²) in [5, 5.41) is 3.37. The van der Waals surface area contributed by atoms with Crippen LogP contribution in [0.15, 0.2) is 24.4 Å². The summed E-state index contributed by atoms with van der Waals surface area (Å²) in [6.07, 6.45) is 1.85. The van der Waals surface area contributed by atoms with Gasteiger partial charge in [0.05, 0.1) is 0 Å². The molecule has 3 rings (SSSR count). The predicted molar refractivity (Wildman–Crippen MR) is 71.3 cm³/mol. The molecule has 0 atom stereocenters. The van der Waals surface area contributed by atoms with Crippen LogP contribution >= 0.6 is 0 Å². The number of rotatable bonds is 4. The molecule has 5 nitrogen and oxygen atoms in total. The molecule has 0 spiro atoms. The Morgan fingerprint density at radius 1 is 1.21 bits per heavy atom. The molecule has 2 N–H and O–H groups in total. The van der Waals surface area contributed by atoms with E-state index in [9.17, 15) is 0 Å². The third kappa shape index (κ3) is 2.88. The first kappa shape index (κ1) is 12.0. The van der Waals surface area contributed by atoms with Crippen molar-refractivity contribution in [2.75, 3.05) is 13.2 Å². The number of ether oxygens (including phenoxy) is 2. The Labute approximate surface area is 112 Å². The number of hydrogen-bond acceptors (Lipinski definition) is 4. The molecule has 0 bridgehead atoms. The fourth-order valence-corrected chi connectivity index (χ4v) is 2.10. The highest BCUT2D eigenvalue weighted by molar-refractivity contribution is 5.43. The van der Waals surface area contributed by atoms with Gasteiger partial charge in [-0.2, -0.15) is 0 Å². The first-order valence-electron chi connectivity index (χ1n) is 6.41. The van der Waals surface area contributed by atoms with Crippen LogP contribution in [0.1, 0.15) is 17.1 Å². The van der Waals surface area contributed by atoms with Crippen LogP contribution in [0, 0.1) is 6.92 Å². The van der Waals surface area contributed by atoms with Crippen molar-refractivity contribution in [1.29, 1.82) is 0 Å². The van der Waals surface area contributed by atoms with Crippen LogP contribution in [0.3, 0.4) is 0 Å². The molecule has 2 aromatic rings. The lowest BCUT2D eigenvalue weighted by atomic mass is 10.2. The van der Waals surface area contributed by atoms with E-state index in [2.05, 4.69) is 21.4 Å². The van der Waals surface area contributed by atoms with Crippen LogP contribution in [0.4, 0.5) is 0 Å². The van der Waals surface area contributed by atoms with E-state index in [4.69, 9.17) is 9.47 Å². The highest BCUT2D eigenvalue weighted by Crippen LogP contribution is 2.30. The van der Waals surface area contributed by atoms with E-state index in [1.165, 1.54) is 5.56 Å². The van der Waals surface area contributed by atoms with Gasteiger partial charge in [0.2, 0.25) is 0 Å². The summed E-state index contributed by atoms with van der Waals surface area (Å²) in [7, 11) is 0. The van der Waals surface area contributed by atoms with Gasteiger partial charge in [0, 0.05) is 25.0 Å². The number of aromatic nitrogens is 2. The molecule has 1 aromatic carbocycles. The Kier molecular flexibility index (Phi) is 3.37. The lowest BCUT2D eigenvalue weighted by Crippen LogP contribution is -2.16. The molecule has 2 heterocycles. The first-order valence-corrected chi connectivity index (χ1v) is 6.41. The van der Waals surface area contributed by atoms with Crippen molar-refractivity contribution in [3.05, 3.63) is 41.5 Å². The minimum atomic E-state index is 0.622. The van der Waals surface area contributed by atoms with Gasteiger partial charge >= 0.3 is 0 Å². The van der Waals surface area contributed by atoms with Gasteiger partial charge in [-0.05, 0) is 24.6 Å². The van der Waals surface area contributed by atoms with Crippen molar-refractivity contribution in [3.8, 4) is 11.5 Å². The molecule has 1 aromatic heterocycles. The van der Waals surface area contributed by atoms with E-state index >= 15 is 0 Å². The van der Waals surface area contributed by atoms with Crippen molar-refractivity contribution in [2.24, 2.45) is 0 Å². The number of aromatic amines is 1. The second-order valence-electron chi connectivity index (χ2n) is 4.58. The lowest BCUT2D eigenvalue weighted by molar-refractivity contribution is 0.171. The van der Waals surface area contributed by atoms with Gasteiger partial charge in [0.1, 0.15) is 19.0 Å². The quantitative estimate of drug-likeness (QED) is 0.878. The van der Waals surface area contributed by atoms with E-state index in [-0.39, 0.29) is 0 Å². The molecule has 100 valence electrons. The van der Waals surface area contributed by atoms with Crippen LogP contribution in [0.5, 0.6) is 11.5 Å². The molecule has 0 saturated carbocycles. The zero-order valence-electron chi connectivity index (χ0n) is 10.9. The summed E-state index contributed by atoms with van der Waals surface area (Å²) in [5.41, 5.74) is 2.27. The fraction of sp³-hybridized carbons (Fsp3) is 0.357. The lowest BCUT2D eigenvalue weighted by Gasteiger charge is -2.18. The van der Waals surface area contributed by atoms with Crippen LogP contribution in [-0.2, 0) is 13.1 Å². The van der Waals surface area contributed by atoms with Gasteiger partial charge in [0.15, 0.2) is 11.5 Å². The minimum Gasteiger partial charge on any atom is -0.486 e. The maximum atomic E-state index is 5.56. The molecule has 1 aliphatic heterocycles. The van der Waals surface area contributed by atoms with Gasteiger partial charge in [0.25, 0.3) is 0 Å². The van der Waals surface area contributed by atoms with Crippen molar-refractivity contribution < 1.29 is 9.47 Å². The number of hydrogen-bond donors (Lipinski definition) is 2. The summed E-state index contributed by atoms with van der Waals surface area (Å²) >= 11 is 0. The molecule has 5 heteroatoms. The van der Waals surface area contributed by atoms with Crippen LogP contribution < -0.4 is 14.8 Å². The average molecular weight is 259 g/mol. The number of nitrogens with zero attached hydrogens (tertiary/aromatic N) is 1. The van der Waals surface area contributed by atoms with E-state index in [1.807, 2.05) is 25.3 Å². The van der Waals surface area contributed by atoms with Gasteiger partial charge in [-0.25, -0.2) is 4.98 Å². The number of aryl methyl sites for hydroxylation is 1. The van der Waals surface area contributed by atoms with Crippen molar-refractivity contribution in [1.82, 2.24) is 15.3 Å². The van der Waals surface area contributed by atoms with Crippen LogP contribution in [-0.4, -0.2) is 23.2 Å². The maximum Gasteiger partial charge on any atom is 0.161 e. The van der Waals surface area contributed by atoms with Crippen LogP contribution in [0.2, 0.25) is 0 Å². The number of fused-ring (bicyclic) bond motifs is 1. The predicted octanol–water partition coefficient (Wildman–Crippen LogP) is 1.78. The molecule has 1 aliphatic rings. The Bertz CT molecular complexity index is 566. The molecule has 0 aliphatic carbocycles. The van der Waals surface area contributed by atoms with E-state index < -0.39 is 0 Å². The second-order valence-corrected chi connectivity index (χ2v) is 4.58. The molecular weight excluding hydrogens is 242 g/mol. The Balaban J connectivity index is 1.58. The molecule has 0 saturated heterocycles. The third-order valence-electron chi connectivity index (χ3n) is 3.01. The second kappa shape index (κ2) is 5.32. The molecule has 0 amide bonds. The maximum absolute atomic E-state index is 5.56. The molecule has 0 unspecified atom stereocenters. The summed E-state index contributed by atoms with van der Waals surface area (Å²) in [5.74, 6) is 2.61. The highest BCUT2D eigenvalue weighted by atomic mass is 16.6. The molecule has 0 fully saturated rings. The highest BCUT2D eigenvalue weighted by Gasteiger charge is 2.11. The zero-order chi connectivity index (χ0) is 13.1. The molecular formula is C14H17N3O2. The summed E-state index contributed by atoms with van der Waals surface area (Å²) in [6, 6.07) is 6.05. The molecule has 0 radical (unpaired) electrons. The number of H-pyrrole nitrogens is 1. The monoisotopic (exact) mass is 259 g/mol. The van der Waals surface area contributed by atoms with Gasteiger partial charge in [-0.3, -0.25) is 0 Å². The summed E-state index contributed by atoms with van der Waals surface area (Å²) < 4.78 is 11.1. The van der Waals surface area contributed by atoms with E-state index in [0.717, 1.165) is 36.1 Å². The van der Waals surface area contributed by atoms with E-state index in [1.54, 1.807) is 0 Å². The number of imidazole rings is 1. The third-order valence-corrected chi connectivity index (χ3v) is 3.01. The van der Waals surface area contributed by atoms with Gasteiger partial charge in [-0.1, -0.05) is 6.07 Å².